The Balaban J connectivity index is 1.46. The summed E-state index contributed by atoms with van der Waals surface area (Å²) >= 11 is 1.75. The van der Waals surface area contributed by atoms with E-state index in [2.05, 4.69) is 43.9 Å². The van der Waals surface area contributed by atoms with Gasteiger partial charge in [-0.2, -0.15) is 11.3 Å². The van der Waals surface area contributed by atoms with Crippen molar-refractivity contribution in [3.8, 4) is 0 Å². The fourth-order valence-corrected chi connectivity index (χ4v) is 5.44. The molecule has 2 aliphatic heterocycles. The van der Waals surface area contributed by atoms with Crippen LogP contribution in [-0.2, 0) is 17.9 Å². The van der Waals surface area contributed by atoms with Gasteiger partial charge in [0.2, 0.25) is 5.91 Å². The molecule has 2 aliphatic rings. The third-order valence-corrected chi connectivity index (χ3v) is 6.91. The van der Waals surface area contributed by atoms with Crippen molar-refractivity contribution in [2.75, 3.05) is 0 Å². The van der Waals surface area contributed by atoms with Gasteiger partial charge >= 0.3 is 0 Å². The minimum atomic E-state index is -0.267. The molecule has 2 aromatic rings. The molecule has 4 rings (SSSR count). The van der Waals surface area contributed by atoms with Crippen molar-refractivity contribution in [3.05, 3.63) is 46.2 Å². The molecule has 2 aromatic heterocycles. The predicted octanol–water partition coefficient (Wildman–Crippen LogP) is 3.30. The molecule has 4 heterocycles. The Kier molecular flexibility index (Phi) is 4.80. The quantitative estimate of drug-likeness (QED) is 0.848. The van der Waals surface area contributed by atoms with Crippen LogP contribution in [0.3, 0.4) is 0 Å². The van der Waals surface area contributed by atoms with E-state index in [0.29, 0.717) is 18.6 Å². The lowest BCUT2D eigenvalue weighted by atomic mass is 9.71. The molecule has 2 saturated heterocycles. The van der Waals surface area contributed by atoms with Crippen molar-refractivity contribution in [3.63, 3.8) is 0 Å². The predicted molar refractivity (Wildman–Crippen MR) is 103 cm³/mol. The van der Waals surface area contributed by atoms with Crippen LogP contribution in [0, 0.1) is 12.3 Å². The van der Waals surface area contributed by atoms with Gasteiger partial charge in [-0.05, 0) is 55.0 Å². The molecule has 0 aromatic carbocycles. The Labute approximate surface area is 158 Å². The zero-order chi connectivity index (χ0) is 18.1. The second kappa shape index (κ2) is 7.08. The Hall–Kier alpha value is -1.79. The summed E-state index contributed by atoms with van der Waals surface area (Å²) in [6.45, 7) is 5.50. The summed E-state index contributed by atoms with van der Waals surface area (Å²) in [6.07, 6.45) is 7.70. The highest BCUT2D eigenvalue weighted by Crippen LogP contribution is 2.52. The molecular weight excluding hydrogens is 344 g/mol. The summed E-state index contributed by atoms with van der Waals surface area (Å²) in [6, 6.07) is 3.08. The fourth-order valence-electron chi connectivity index (χ4n) is 4.78. The molecule has 0 spiro atoms. The second-order valence-corrected chi connectivity index (χ2v) is 8.38. The van der Waals surface area contributed by atoms with E-state index in [-0.39, 0.29) is 11.3 Å². The Morgan fingerprint density at radius 1 is 1.38 bits per heavy atom. The van der Waals surface area contributed by atoms with Crippen molar-refractivity contribution >= 4 is 17.2 Å². The van der Waals surface area contributed by atoms with Gasteiger partial charge in [-0.3, -0.25) is 19.7 Å². The van der Waals surface area contributed by atoms with Gasteiger partial charge in [0, 0.05) is 24.8 Å². The molecule has 2 bridgehead atoms. The first-order valence-electron chi connectivity index (χ1n) is 9.45. The Morgan fingerprint density at radius 3 is 2.96 bits per heavy atom. The number of aryl methyl sites for hydroxylation is 1. The number of carbonyl (C=O) groups is 1. The van der Waals surface area contributed by atoms with Crippen LogP contribution in [0.2, 0.25) is 0 Å². The maximum Gasteiger partial charge on any atom is 0.228 e. The van der Waals surface area contributed by atoms with Crippen molar-refractivity contribution in [1.29, 1.82) is 0 Å². The summed E-state index contributed by atoms with van der Waals surface area (Å²) in [7, 11) is 0. The highest BCUT2D eigenvalue weighted by Gasteiger charge is 2.58. The molecule has 5 nitrogen and oxygen atoms in total. The summed E-state index contributed by atoms with van der Waals surface area (Å²) in [5, 5.41) is 7.51. The fraction of sp³-hybridized carbons (Fsp3) is 0.550. The van der Waals surface area contributed by atoms with Crippen LogP contribution < -0.4 is 5.32 Å². The maximum absolute atomic E-state index is 13.2. The van der Waals surface area contributed by atoms with Crippen LogP contribution in [0.4, 0.5) is 0 Å². The van der Waals surface area contributed by atoms with Crippen LogP contribution >= 0.6 is 11.3 Å². The number of hydrogen-bond acceptors (Lipinski definition) is 5. The van der Waals surface area contributed by atoms with E-state index < -0.39 is 0 Å². The summed E-state index contributed by atoms with van der Waals surface area (Å²) in [5.41, 5.74) is 2.81. The maximum atomic E-state index is 13.2. The number of fused-ring (bicyclic) bond motifs is 2. The molecule has 1 amide bonds. The highest BCUT2D eigenvalue weighted by molar-refractivity contribution is 7.07. The molecule has 2 fully saturated rings. The van der Waals surface area contributed by atoms with Gasteiger partial charge in [0.25, 0.3) is 0 Å². The van der Waals surface area contributed by atoms with Gasteiger partial charge < -0.3 is 5.32 Å². The van der Waals surface area contributed by atoms with Gasteiger partial charge in [0.1, 0.15) is 0 Å². The number of carbonyl (C=O) groups excluding carboxylic acids is 1. The summed E-state index contributed by atoms with van der Waals surface area (Å²) < 4.78 is 0. The van der Waals surface area contributed by atoms with E-state index in [1.165, 1.54) is 12.0 Å². The lowest BCUT2D eigenvalue weighted by molar-refractivity contribution is -0.133. The molecule has 0 aliphatic carbocycles. The average molecular weight is 371 g/mol. The molecule has 26 heavy (non-hydrogen) atoms. The van der Waals surface area contributed by atoms with Gasteiger partial charge in [-0.25, -0.2) is 0 Å². The second-order valence-electron chi connectivity index (χ2n) is 7.60. The van der Waals surface area contributed by atoms with Crippen LogP contribution in [0.25, 0.3) is 0 Å². The van der Waals surface area contributed by atoms with Gasteiger partial charge in [-0.15, -0.1) is 0 Å². The summed E-state index contributed by atoms with van der Waals surface area (Å²) in [4.78, 5) is 24.4. The topological polar surface area (TPSA) is 58.1 Å². The lowest BCUT2D eigenvalue weighted by Gasteiger charge is -2.35. The van der Waals surface area contributed by atoms with E-state index in [0.717, 1.165) is 37.2 Å². The number of amides is 1. The molecule has 0 saturated carbocycles. The smallest absolute Gasteiger partial charge is 0.228 e. The van der Waals surface area contributed by atoms with Crippen molar-refractivity contribution < 1.29 is 4.79 Å². The monoisotopic (exact) mass is 370 g/mol. The molecule has 0 unspecified atom stereocenters. The van der Waals surface area contributed by atoms with Crippen LogP contribution in [0.5, 0.6) is 0 Å². The molecular formula is C20H26N4OS. The zero-order valence-corrected chi connectivity index (χ0v) is 16.3. The van der Waals surface area contributed by atoms with Crippen molar-refractivity contribution in [2.45, 2.75) is 64.7 Å². The first-order chi connectivity index (χ1) is 12.6. The molecule has 6 heteroatoms. The SMILES string of the molecule is CC[C@@]1(C(=O)NCc2cnc(C)cn2)C[C@@H]2CC[C@H]1N2Cc1ccsc1. The first kappa shape index (κ1) is 17.6. The van der Waals surface area contributed by atoms with Crippen LogP contribution in [0.15, 0.2) is 29.2 Å². The summed E-state index contributed by atoms with van der Waals surface area (Å²) in [5.74, 6) is 0.185. The molecule has 1 N–H and O–H groups in total. The average Bonchev–Trinajstić information content (AvgIpc) is 3.38. The number of hydrogen-bond donors (Lipinski definition) is 1. The third kappa shape index (κ3) is 3.05. The largest absolute Gasteiger partial charge is 0.350 e. The van der Waals surface area contributed by atoms with Crippen molar-refractivity contribution in [2.24, 2.45) is 5.41 Å². The number of aromatic nitrogens is 2. The molecule has 3 atom stereocenters. The first-order valence-corrected chi connectivity index (χ1v) is 10.4. The minimum absolute atomic E-state index is 0.185. The van der Waals surface area contributed by atoms with Gasteiger partial charge in [0.15, 0.2) is 0 Å². The van der Waals surface area contributed by atoms with Gasteiger partial charge in [-0.1, -0.05) is 6.92 Å². The minimum Gasteiger partial charge on any atom is -0.350 e. The van der Waals surface area contributed by atoms with Crippen molar-refractivity contribution in [1.82, 2.24) is 20.2 Å². The van der Waals surface area contributed by atoms with E-state index in [1.54, 1.807) is 23.7 Å². The van der Waals surface area contributed by atoms with Crippen LogP contribution in [-0.4, -0.2) is 32.9 Å². The third-order valence-electron chi connectivity index (χ3n) is 6.17. The normalized spacial score (nSPS) is 27.8. The number of nitrogens with zero attached hydrogens (tertiary/aromatic N) is 3. The number of rotatable bonds is 6. The highest BCUT2D eigenvalue weighted by atomic mass is 32.1. The molecule has 138 valence electrons. The standard InChI is InChI=1S/C20H26N4OS/c1-3-20(19(25)23-11-16-10-21-14(2)9-22-16)8-17-4-5-18(20)24(17)12-15-6-7-26-13-15/h6-7,9-10,13,17-18H,3-5,8,11-12H2,1-2H3,(H,23,25)/t17-,18+,20+/m0/s1. The van der Waals surface area contributed by atoms with E-state index >= 15 is 0 Å². The van der Waals surface area contributed by atoms with E-state index in [9.17, 15) is 4.79 Å². The lowest BCUT2D eigenvalue weighted by Crippen LogP contribution is -2.48. The number of thiophene rings is 1. The van der Waals surface area contributed by atoms with Gasteiger partial charge in [0.05, 0.1) is 29.5 Å². The zero-order valence-electron chi connectivity index (χ0n) is 15.4. The van der Waals surface area contributed by atoms with E-state index in [4.69, 9.17) is 0 Å². The van der Waals surface area contributed by atoms with E-state index in [1.807, 2.05) is 6.92 Å². The Bertz CT molecular complexity index is 761. The van der Waals surface area contributed by atoms with Crippen LogP contribution in [0.1, 0.15) is 49.6 Å². The molecule has 0 radical (unpaired) electrons. The Morgan fingerprint density at radius 2 is 2.27 bits per heavy atom. The number of nitrogens with one attached hydrogen (secondary N) is 1.